The summed E-state index contributed by atoms with van der Waals surface area (Å²) in [7, 11) is 0. The molecule has 0 aromatic heterocycles. The highest BCUT2D eigenvalue weighted by Gasteiger charge is 2.32. The number of ether oxygens (including phenoxy) is 1. The van der Waals surface area contributed by atoms with E-state index in [9.17, 15) is 13.2 Å². The van der Waals surface area contributed by atoms with Gasteiger partial charge in [-0.2, -0.15) is 0 Å². The second-order valence-corrected chi connectivity index (χ2v) is 8.54. The fraction of sp³-hybridized carbons (Fsp3) is 0.739. The van der Waals surface area contributed by atoms with Gasteiger partial charge in [0.15, 0.2) is 0 Å². The van der Waals surface area contributed by atoms with Gasteiger partial charge >= 0.3 is 6.36 Å². The number of alkyl halides is 3. The van der Waals surface area contributed by atoms with Crippen molar-refractivity contribution in [2.45, 2.75) is 89.8 Å². The highest BCUT2D eigenvalue weighted by molar-refractivity contribution is 5.27. The van der Waals surface area contributed by atoms with Gasteiger partial charge in [0.2, 0.25) is 0 Å². The average molecular weight is 383 g/mol. The third-order valence-corrected chi connectivity index (χ3v) is 6.67. The molecular weight excluding hydrogens is 349 g/mol. The largest absolute Gasteiger partial charge is 0.573 e. The summed E-state index contributed by atoms with van der Waals surface area (Å²) in [5.41, 5.74) is 1.11. The van der Waals surface area contributed by atoms with Crippen LogP contribution in [-0.4, -0.2) is 6.36 Å². The highest BCUT2D eigenvalue weighted by Crippen LogP contribution is 2.42. The molecule has 0 heterocycles. The summed E-state index contributed by atoms with van der Waals surface area (Å²) in [5.74, 6) is 2.54. The molecule has 152 valence electrons. The first-order valence-corrected chi connectivity index (χ1v) is 10.9. The molecule has 0 saturated heterocycles. The lowest BCUT2D eigenvalue weighted by atomic mass is 9.68. The molecule has 0 amide bonds. The van der Waals surface area contributed by atoms with Gasteiger partial charge in [0, 0.05) is 0 Å². The zero-order chi connectivity index (χ0) is 19.1. The number of rotatable bonds is 7. The van der Waals surface area contributed by atoms with Crippen molar-refractivity contribution in [1.82, 2.24) is 0 Å². The van der Waals surface area contributed by atoms with E-state index in [4.69, 9.17) is 0 Å². The van der Waals surface area contributed by atoms with Gasteiger partial charge in [-0.3, -0.25) is 0 Å². The van der Waals surface area contributed by atoms with E-state index in [1.807, 2.05) is 0 Å². The van der Waals surface area contributed by atoms with Gasteiger partial charge in [-0.1, -0.05) is 76.3 Å². The van der Waals surface area contributed by atoms with Crippen molar-refractivity contribution in [1.29, 1.82) is 0 Å². The molecule has 1 nitrogen and oxygen atoms in total. The van der Waals surface area contributed by atoms with Crippen molar-refractivity contribution in [2.75, 3.05) is 0 Å². The van der Waals surface area contributed by atoms with E-state index in [2.05, 4.69) is 4.74 Å². The molecule has 0 bridgehead atoms. The van der Waals surface area contributed by atoms with Gasteiger partial charge in [-0.05, 0) is 54.7 Å². The zero-order valence-electron chi connectivity index (χ0n) is 16.3. The topological polar surface area (TPSA) is 9.23 Å². The molecular formula is C23H33F3O. The van der Waals surface area contributed by atoms with Gasteiger partial charge in [-0.15, -0.1) is 13.2 Å². The van der Waals surface area contributed by atoms with E-state index in [1.165, 1.54) is 82.8 Å². The fourth-order valence-corrected chi connectivity index (χ4v) is 5.38. The van der Waals surface area contributed by atoms with Crippen LogP contribution in [0.1, 0.15) is 82.6 Å². The van der Waals surface area contributed by atoms with Gasteiger partial charge in [0.05, 0.1) is 0 Å². The molecule has 1 aromatic carbocycles. The Morgan fingerprint density at radius 3 is 1.81 bits per heavy atom. The van der Waals surface area contributed by atoms with Gasteiger partial charge in [0.25, 0.3) is 0 Å². The molecule has 2 aliphatic rings. The van der Waals surface area contributed by atoms with E-state index >= 15 is 0 Å². The van der Waals surface area contributed by atoms with Crippen molar-refractivity contribution in [3.8, 4) is 5.75 Å². The van der Waals surface area contributed by atoms with Crippen LogP contribution >= 0.6 is 0 Å². The third kappa shape index (κ3) is 6.73. The van der Waals surface area contributed by atoms with Crippen LogP contribution in [-0.2, 0) is 6.42 Å². The number of hydrogen-bond donors (Lipinski definition) is 0. The number of benzene rings is 1. The Balaban J connectivity index is 1.52. The summed E-state index contributed by atoms with van der Waals surface area (Å²) < 4.78 is 40.8. The lowest BCUT2D eigenvalue weighted by Gasteiger charge is -2.38. The monoisotopic (exact) mass is 382 g/mol. The summed E-state index contributed by atoms with van der Waals surface area (Å²) in [6.07, 6.45) is 12.8. The number of aryl methyl sites for hydroxylation is 1. The standard InChI is InChI=1S/C23H33F3O/c24-23(25,26)27-21-16-14-18(15-17-21)8-7-13-22(19-9-3-1-4-10-19)20-11-5-2-6-12-20/h14-17,19-20,22H,1-13H2. The Hall–Kier alpha value is -1.19. The fourth-order valence-electron chi connectivity index (χ4n) is 5.38. The zero-order valence-corrected chi connectivity index (χ0v) is 16.3. The molecule has 1 aromatic rings. The van der Waals surface area contributed by atoms with Gasteiger partial charge in [-0.25, -0.2) is 0 Å². The van der Waals surface area contributed by atoms with E-state index in [-0.39, 0.29) is 5.75 Å². The van der Waals surface area contributed by atoms with Crippen LogP contribution in [0.15, 0.2) is 24.3 Å². The summed E-state index contributed by atoms with van der Waals surface area (Å²) in [6.45, 7) is 0. The summed E-state index contributed by atoms with van der Waals surface area (Å²) in [4.78, 5) is 0. The smallest absolute Gasteiger partial charge is 0.406 e. The van der Waals surface area contributed by atoms with E-state index in [1.54, 1.807) is 12.1 Å². The molecule has 3 rings (SSSR count). The predicted octanol–water partition coefficient (Wildman–Crippen LogP) is 7.68. The number of hydrogen-bond acceptors (Lipinski definition) is 1. The van der Waals surface area contributed by atoms with Crippen molar-refractivity contribution >= 4 is 0 Å². The van der Waals surface area contributed by atoms with Crippen LogP contribution in [0.2, 0.25) is 0 Å². The molecule has 0 aliphatic heterocycles. The van der Waals surface area contributed by atoms with Crippen LogP contribution in [0.25, 0.3) is 0 Å². The van der Waals surface area contributed by atoms with Crippen LogP contribution in [0, 0.1) is 17.8 Å². The molecule has 0 spiro atoms. The Morgan fingerprint density at radius 1 is 0.815 bits per heavy atom. The summed E-state index contributed by atoms with van der Waals surface area (Å²) in [6, 6.07) is 6.42. The lowest BCUT2D eigenvalue weighted by Crippen LogP contribution is -2.27. The molecule has 0 unspecified atom stereocenters. The second-order valence-electron chi connectivity index (χ2n) is 8.54. The molecule has 0 N–H and O–H groups in total. The highest BCUT2D eigenvalue weighted by atomic mass is 19.4. The Morgan fingerprint density at radius 2 is 1.33 bits per heavy atom. The predicted molar refractivity (Wildman–Crippen MR) is 103 cm³/mol. The molecule has 0 atom stereocenters. The van der Waals surface area contributed by atoms with Crippen molar-refractivity contribution in [3.05, 3.63) is 29.8 Å². The Bertz CT molecular complexity index is 522. The summed E-state index contributed by atoms with van der Waals surface area (Å²) >= 11 is 0. The average Bonchev–Trinajstić information content (AvgIpc) is 2.67. The van der Waals surface area contributed by atoms with E-state index in [0.717, 1.165) is 36.2 Å². The SMILES string of the molecule is FC(F)(F)Oc1ccc(CCCC(C2CCCCC2)C2CCCCC2)cc1. The number of halogens is 3. The first kappa shape index (κ1) is 20.5. The van der Waals surface area contributed by atoms with Crippen LogP contribution in [0.4, 0.5) is 13.2 Å². The van der Waals surface area contributed by atoms with Gasteiger partial charge < -0.3 is 4.74 Å². The third-order valence-electron chi connectivity index (χ3n) is 6.67. The van der Waals surface area contributed by atoms with Gasteiger partial charge in [0.1, 0.15) is 5.75 Å². The van der Waals surface area contributed by atoms with Crippen LogP contribution < -0.4 is 4.74 Å². The Labute approximate surface area is 161 Å². The Kier molecular flexibility index (Phi) is 7.49. The van der Waals surface area contributed by atoms with E-state index in [0.29, 0.717) is 0 Å². The normalized spacial score (nSPS) is 20.1. The first-order chi connectivity index (χ1) is 13.0. The molecule has 2 aliphatic carbocycles. The molecule has 4 heteroatoms. The van der Waals surface area contributed by atoms with Crippen molar-refractivity contribution in [2.24, 2.45) is 17.8 Å². The molecule has 2 saturated carbocycles. The van der Waals surface area contributed by atoms with Crippen molar-refractivity contribution in [3.63, 3.8) is 0 Å². The molecule has 27 heavy (non-hydrogen) atoms. The maximum absolute atomic E-state index is 12.3. The lowest BCUT2D eigenvalue weighted by molar-refractivity contribution is -0.274. The minimum Gasteiger partial charge on any atom is -0.406 e. The molecule has 2 fully saturated rings. The maximum atomic E-state index is 12.3. The minimum atomic E-state index is -4.62. The molecule has 0 radical (unpaired) electrons. The maximum Gasteiger partial charge on any atom is 0.573 e. The van der Waals surface area contributed by atoms with Crippen LogP contribution in [0.3, 0.4) is 0 Å². The van der Waals surface area contributed by atoms with Crippen LogP contribution in [0.5, 0.6) is 5.75 Å². The summed E-state index contributed by atoms with van der Waals surface area (Å²) in [5, 5.41) is 0. The first-order valence-electron chi connectivity index (χ1n) is 10.9. The van der Waals surface area contributed by atoms with E-state index < -0.39 is 6.36 Å². The second kappa shape index (κ2) is 9.84. The quantitative estimate of drug-likeness (QED) is 0.470. The minimum absolute atomic E-state index is 0.131. The van der Waals surface area contributed by atoms with Crippen molar-refractivity contribution < 1.29 is 17.9 Å².